The molecule has 2 atom stereocenters. The number of rotatable bonds is 7. The highest BCUT2D eigenvalue weighted by molar-refractivity contribution is 5.79. The zero-order valence-corrected chi connectivity index (χ0v) is 17.4. The fourth-order valence-corrected chi connectivity index (χ4v) is 4.27. The van der Waals surface area contributed by atoms with Gasteiger partial charge in [-0.15, -0.1) is 0 Å². The number of nitrogens with zero attached hydrogens (tertiary/aromatic N) is 2. The van der Waals surface area contributed by atoms with Crippen LogP contribution in [0.15, 0.2) is 24.5 Å². The van der Waals surface area contributed by atoms with Crippen LogP contribution in [0.1, 0.15) is 51.0 Å². The fraction of sp³-hybridized carbons (Fsp3) is 0.682. The normalized spacial score (nSPS) is 23.9. The lowest BCUT2D eigenvalue weighted by atomic mass is 10.00. The van der Waals surface area contributed by atoms with Gasteiger partial charge in [-0.25, -0.2) is 0 Å². The van der Waals surface area contributed by atoms with E-state index in [0.29, 0.717) is 19.0 Å². The minimum Gasteiger partial charge on any atom is -0.381 e. The van der Waals surface area contributed by atoms with Crippen molar-refractivity contribution in [2.45, 2.75) is 64.1 Å². The number of aromatic nitrogens is 1. The van der Waals surface area contributed by atoms with Crippen molar-refractivity contribution in [1.29, 1.82) is 0 Å². The second kappa shape index (κ2) is 11.3. The van der Waals surface area contributed by atoms with E-state index >= 15 is 0 Å². The Labute approximate surface area is 173 Å². The van der Waals surface area contributed by atoms with Crippen LogP contribution in [0, 0.1) is 5.92 Å². The lowest BCUT2D eigenvalue weighted by Gasteiger charge is -2.36. The number of amides is 2. The van der Waals surface area contributed by atoms with Crippen LogP contribution in [0.5, 0.6) is 0 Å². The quantitative estimate of drug-likeness (QED) is 0.728. The summed E-state index contributed by atoms with van der Waals surface area (Å²) < 4.78 is 5.53. The molecule has 7 nitrogen and oxygen atoms in total. The number of pyridine rings is 1. The van der Waals surface area contributed by atoms with Crippen LogP contribution < -0.4 is 10.6 Å². The molecule has 3 heterocycles. The Morgan fingerprint density at radius 1 is 1.14 bits per heavy atom. The third kappa shape index (κ3) is 6.78. The second-order valence-electron chi connectivity index (χ2n) is 8.16. The molecule has 0 radical (unpaired) electrons. The summed E-state index contributed by atoms with van der Waals surface area (Å²) in [5.41, 5.74) is 1.05. The molecular formula is C22H34N4O3. The molecule has 2 saturated heterocycles. The Morgan fingerprint density at radius 2 is 1.90 bits per heavy atom. The summed E-state index contributed by atoms with van der Waals surface area (Å²) in [6, 6.07) is 4.36. The van der Waals surface area contributed by atoms with Gasteiger partial charge in [-0.05, 0) is 49.8 Å². The Morgan fingerprint density at radius 3 is 2.62 bits per heavy atom. The van der Waals surface area contributed by atoms with Crippen molar-refractivity contribution in [1.82, 2.24) is 20.5 Å². The lowest BCUT2D eigenvalue weighted by molar-refractivity contribution is -0.126. The van der Waals surface area contributed by atoms with Gasteiger partial charge in [0.2, 0.25) is 11.8 Å². The predicted octanol–water partition coefficient (Wildman–Crippen LogP) is 1.87. The summed E-state index contributed by atoms with van der Waals surface area (Å²) in [4.78, 5) is 31.5. The van der Waals surface area contributed by atoms with E-state index in [4.69, 9.17) is 4.74 Å². The molecule has 2 N–H and O–H groups in total. The maximum atomic E-state index is 12.9. The van der Waals surface area contributed by atoms with Crippen LogP contribution in [-0.4, -0.2) is 60.1 Å². The SMILES string of the molecule is CCCC(=O)N[C@H]1CC[C@@H](C(=O)NCc2ccncc2)CN(C2CCOCC2)C1. The standard InChI is InChI=1S/C22H34N4O3/c1-2-3-21(27)25-19-5-4-18(15-26(16-19)20-8-12-29-13-9-20)22(28)24-14-17-6-10-23-11-7-17/h6-7,10-11,18-20H,2-5,8-9,12-16H2,1H3,(H,24,28)(H,25,27)/t18-,19+/m1/s1. The average Bonchev–Trinajstić information content (AvgIpc) is 2.96. The zero-order valence-electron chi connectivity index (χ0n) is 17.4. The number of hydrogen-bond acceptors (Lipinski definition) is 5. The van der Waals surface area contributed by atoms with Gasteiger partial charge >= 0.3 is 0 Å². The molecule has 1 aromatic rings. The molecule has 1 aromatic heterocycles. The van der Waals surface area contributed by atoms with E-state index < -0.39 is 0 Å². The Hall–Kier alpha value is -1.99. The van der Waals surface area contributed by atoms with E-state index in [0.717, 1.165) is 64.0 Å². The minimum atomic E-state index is -0.0623. The highest BCUT2D eigenvalue weighted by Crippen LogP contribution is 2.23. The van der Waals surface area contributed by atoms with Crippen LogP contribution in [0.2, 0.25) is 0 Å². The zero-order chi connectivity index (χ0) is 20.5. The molecule has 0 aromatic carbocycles. The summed E-state index contributed by atoms with van der Waals surface area (Å²) >= 11 is 0. The van der Waals surface area contributed by atoms with Crippen molar-refractivity contribution in [2.24, 2.45) is 5.92 Å². The molecule has 2 fully saturated rings. The number of carbonyl (C=O) groups is 2. The third-order valence-corrected chi connectivity index (χ3v) is 5.91. The van der Waals surface area contributed by atoms with Gasteiger partial charge < -0.3 is 15.4 Å². The minimum absolute atomic E-state index is 0.0623. The van der Waals surface area contributed by atoms with Crippen molar-refractivity contribution in [3.8, 4) is 0 Å². The molecule has 2 amide bonds. The highest BCUT2D eigenvalue weighted by Gasteiger charge is 2.33. The molecule has 0 saturated carbocycles. The lowest BCUT2D eigenvalue weighted by Crippen LogP contribution is -2.49. The Kier molecular flexibility index (Phi) is 8.43. The first-order valence-electron chi connectivity index (χ1n) is 10.9. The maximum Gasteiger partial charge on any atom is 0.224 e. The fourth-order valence-electron chi connectivity index (χ4n) is 4.27. The number of ether oxygens (including phenoxy) is 1. The summed E-state index contributed by atoms with van der Waals surface area (Å²) in [6.45, 7) is 5.64. The monoisotopic (exact) mass is 402 g/mol. The van der Waals surface area contributed by atoms with Gasteiger partial charge in [0.05, 0.1) is 5.92 Å². The van der Waals surface area contributed by atoms with E-state index in [1.165, 1.54) is 0 Å². The van der Waals surface area contributed by atoms with Gasteiger partial charge in [-0.3, -0.25) is 19.5 Å². The molecule has 0 spiro atoms. The molecule has 3 rings (SSSR count). The maximum absolute atomic E-state index is 12.9. The molecule has 0 bridgehead atoms. The largest absolute Gasteiger partial charge is 0.381 e. The number of hydrogen-bond donors (Lipinski definition) is 2. The number of nitrogens with one attached hydrogen (secondary N) is 2. The number of likely N-dealkylation sites (tertiary alicyclic amines) is 1. The van der Waals surface area contributed by atoms with Crippen molar-refractivity contribution in [2.75, 3.05) is 26.3 Å². The first-order chi connectivity index (χ1) is 14.2. The van der Waals surface area contributed by atoms with Crippen LogP contribution in [0.4, 0.5) is 0 Å². The topological polar surface area (TPSA) is 83.6 Å². The van der Waals surface area contributed by atoms with Crippen LogP contribution in [0.3, 0.4) is 0 Å². The van der Waals surface area contributed by atoms with Crippen LogP contribution in [0.25, 0.3) is 0 Å². The molecule has 2 aliphatic rings. The first kappa shape index (κ1) is 21.7. The smallest absolute Gasteiger partial charge is 0.224 e. The predicted molar refractivity (Wildman–Crippen MR) is 111 cm³/mol. The van der Waals surface area contributed by atoms with Gasteiger partial charge in [0, 0.05) is 63.7 Å². The molecule has 0 aliphatic carbocycles. The molecule has 2 aliphatic heterocycles. The van der Waals surface area contributed by atoms with Gasteiger partial charge in [0.15, 0.2) is 0 Å². The highest BCUT2D eigenvalue weighted by atomic mass is 16.5. The molecule has 7 heteroatoms. The van der Waals surface area contributed by atoms with E-state index in [-0.39, 0.29) is 23.8 Å². The van der Waals surface area contributed by atoms with Crippen molar-refractivity contribution in [3.05, 3.63) is 30.1 Å². The van der Waals surface area contributed by atoms with Crippen LogP contribution in [-0.2, 0) is 20.9 Å². The molecule has 29 heavy (non-hydrogen) atoms. The summed E-state index contributed by atoms with van der Waals surface area (Å²) in [7, 11) is 0. The van der Waals surface area contributed by atoms with E-state index in [2.05, 4.69) is 20.5 Å². The van der Waals surface area contributed by atoms with Crippen molar-refractivity contribution in [3.63, 3.8) is 0 Å². The Balaban J connectivity index is 1.62. The molecule has 160 valence electrons. The van der Waals surface area contributed by atoms with Gasteiger partial charge in [0.1, 0.15) is 0 Å². The molecule has 0 unspecified atom stereocenters. The summed E-state index contributed by atoms with van der Waals surface area (Å²) in [5, 5.41) is 6.29. The van der Waals surface area contributed by atoms with E-state index in [1.807, 2.05) is 19.1 Å². The average molecular weight is 403 g/mol. The summed E-state index contributed by atoms with van der Waals surface area (Å²) in [6.07, 6.45) is 8.49. The first-order valence-corrected chi connectivity index (χ1v) is 10.9. The van der Waals surface area contributed by atoms with Gasteiger partial charge in [-0.1, -0.05) is 6.92 Å². The van der Waals surface area contributed by atoms with Crippen LogP contribution >= 0.6 is 0 Å². The van der Waals surface area contributed by atoms with E-state index in [1.54, 1.807) is 12.4 Å². The second-order valence-corrected chi connectivity index (χ2v) is 8.16. The van der Waals surface area contributed by atoms with E-state index in [9.17, 15) is 9.59 Å². The summed E-state index contributed by atoms with van der Waals surface area (Å²) in [5.74, 6) is 0.150. The van der Waals surface area contributed by atoms with Gasteiger partial charge in [-0.2, -0.15) is 0 Å². The van der Waals surface area contributed by atoms with Gasteiger partial charge in [0.25, 0.3) is 0 Å². The number of carbonyl (C=O) groups excluding carboxylic acids is 2. The Bertz CT molecular complexity index is 649. The third-order valence-electron chi connectivity index (χ3n) is 5.91. The van der Waals surface area contributed by atoms with Crippen molar-refractivity contribution < 1.29 is 14.3 Å². The van der Waals surface area contributed by atoms with Crippen molar-refractivity contribution >= 4 is 11.8 Å². The molecular weight excluding hydrogens is 368 g/mol.